The zero-order valence-electron chi connectivity index (χ0n) is 16.9. The molecule has 1 heterocycles. The number of amides is 1. The van der Waals surface area contributed by atoms with Crippen LogP contribution in [0.5, 0.6) is 0 Å². The van der Waals surface area contributed by atoms with Gasteiger partial charge in [0.2, 0.25) is 5.91 Å². The Kier molecular flexibility index (Phi) is 8.92. The first-order chi connectivity index (χ1) is 13.4. The average Bonchev–Trinajstić information content (AvgIpc) is 2.93. The highest BCUT2D eigenvalue weighted by molar-refractivity contribution is 7.90. The highest BCUT2D eigenvalue weighted by Crippen LogP contribution is 2.16. The molecule has 7 nitrogen and oxygen atoms in total. The highest BCUT2D eigenvalue weighted by Gasteiger charge is 2.18. The van der Waals surface area contributed by atoms with E-state index in [0.29, 0.717) is 31.0 Å². The Balaban J connectivity index is 2.02. The molecule has 0 unspecified atom stereocenters. The average molecular weight is 409 g/mol. The first kappa shape index (κ1) is 22.4. The van der Waals surface area contributed by atoms with Gasteiger partial charge >= 0.3 is 0 Å². The molecule has 1 aromatic rings. The number of anilines is 1. The molecule has 28 heavy (non-hydrogen) atoms. The van der Waals surface area contributed by atoms with E-state index < -0.39 is 10.0 Å². The normalized spacial score (nSPS) is 15.0. The third kappa shape index (κ3) is 7.24. The van der Waals surface area contributed by atoms with E-state index >= 15 is 0 Å². The minimum absolute atomic E-state index is 0.121. The van der Waals surface area contributed by atoms with Crippen molar-refractivity contribution < 1.29 is 13.2 Å². The van der Waals surface area contributed by atoms with Crippen molar-refractivity contribution in [2.24, 2.45) is 4.99 Å². The molecule has 0 atom stereocenters. The van der Waals surface area contributed by atoms with Crippen molar-refractivity contribution in [3.05, 3.63) is 24.3 Å². The number of nitrogens with zero attached hydrogens (tertiary/aromatic N) is 2. The Hall–Kier alpha value is -1.93. The van der Waals surface area contributed by atoms with Crippen molar-refractivity contribution in [2.45, 2.75) is 57.3 Å². The molecule has 0 saturated carbocycles. The van der Waals surface area contributed by atoms with Crippen molar-refractivity contribution in [1.82, 2.24) is 9.62 Å². The first-order valence-corrected chi connectivity index (χ1v) is 11.6. The third-order valence-corrected chi connectivity index (χ3v) is 6.08. The monoisotopic (exact) mass is 408 g/mol. The molecule has 0 aliphatic carbocycles. The van der Waals surface area contributed by atoms with Gasteiger partial charge in [-0.3, -0.25) is 19.4 Å². The molecule has 2 N–H and O–H groups in total. The van der Waals surface area contributed by atoms with Gasteiger partial charge in [-0.15, -0.1) is 0 Å². The van der Waals surface area contributed by atoms with Crippen LogP contribution in [-0.4, -0.2) is 51.2 Å². The van der Waals surface area contributed by atoms with Crippen LogP contribution in [0.2, 0.25) is 0 Å². The molecule has 2 rings (SSSR count). The van der Waals surface area contributed by atoms with E-state index in [1.54, 1.807) is 12.1 Å². The number of likely N-dealkylation sites (N-methyl/N-ethyl adjacent to an activating group) is 1. The Labute approximate surface area is 168 Å². The number of rotatable bonds is 9. The first-order valence-electron chi connectivity index (χ1n) is 10.1. The summed E-state index contributed by atoms with van der Waals surface area (Å²) >= 11 is 0. The Bertz CT molecular complexity index is 777. The molecule has 0 fully saturated rings. The number of sulfonamides is 1. The smallest absolute Gasteiger partial charge is 0.262 e. The van der Waals surface area contributed by atoms with Crippen molar-refractivity contribution in [3.8, 4) is 0 Å². The summed E-state index contributed by atoms with van der Waals surface area (Å²) in [5.74, 6) is 0.370. The number of amidine groups is 1. The lowest BCUT2D eigenvalue weighted by Crippen LogP contribution is -2.34. The maximum Gasteiger partial charge on any atom is 0.262 e. The van der Waals surface area contributed by atoms with E-state index in [1.807, 2.05) is 6.92 Å². The minimum atomic E-state index is -3.72. The largest absolute Gasteiger partial charge is 0.325 e. The van der Waals surface area contributed by atoms with Crippen LogP contribution in [0.15, 0.2) is 34.2 Å². The summed E-state index contributed by atoms with van der Waals surface area (Å²) in [6.07, 6.45) is 5.74. The fourth-order valence-corrected chi connectivity index (χ4v) is 4.18. The number of hydrogen-bond acceptors (Lipinski definition) is 5. The summed E-state index contributed by atoms with van der Waals surface area (Å²) in [5.41, 5.74) is 0.474. The van der Waals surface area contributed by atoms with Gasteiger partial charge in [0.15, 0.2) is 0 Å². The number of hydrogen-bond donors (Lipinski definition) is 2. The van der Waals surface area contributed by atoms with Gasteiger partial charge in [-0.25, -0.2) is 8.42 Å². The Morgan fingerprint density at radius 1 is 1.21 bits per heavy atom. The lowest BCUT2D eigenvalue weighted by atomic mass is 10.2. The second-order valence-electron chi connectivity index (χ2n) is 7.04. The predicted octanol–water partition coefficient (Wildman–Crippen LogP) is 3.00. The van der Waals surface area contributed by atoms with Crippen LogP contribution in [-0.2, 0) is 14.8 Å². The van der Waals surface area contributed by atoms with Crippen LogP contribution in [0.3, 0.4) is 0 Å². The number of aliphatic imine (C=N–C) groups is 1. The van der Waals surface area contributed by atoms with Crippen LogP contribution >= 0.6 is 0 Å². The third-order valence-electron chi connectivity index (χ3n) is 4.70. The minimum Gasteiger partial charge on any atom is -0.325 e. The molecule has 1 aliphatic rings. The molecule has 0 bridgehead atoms. The van der Waals surface area contributed by atoms with Crippen molar-refractivity contribution in [3.63, 3.8) is 0 Å². The number of benzene rings is 1. The summed E-state index contributed by atoms with van der Waals surface area (Å²) in [4.78, 5) is 18.8. The van der Waals surface area contributed by atoms with E-state index in [0.717, 1.165) is 45.2 Å². The predicted molar refractivity (Wildman–Crippen MR) is 113 cm³/mol. The van der Waals surface area contributed by atoms with Crippen molar-refractivity contribution in [1.29, 1.82) is 0 Å². The quantitative estimate of drug-likeness (QED) is 0.657. The Morgan fingerprint density at radius 3 is 2.79 bits per heavy atom. The van der Waals surface area contributed by atoms with E-state index in [-0.39, 0.29) is 10.8 Å². The maximum atomic E-state index is 12.7. The lowest BCUT2D eigenvalue weighted by Gasteiger charge is -2.19. The zero-order valence-corrected chi connectivity index (χ0v) is 17.7. The molecule has 0 radical (unpaired) electrons. The van der Waals surface area contributed by atoms with Crippen LogP contribution in [0.1, 0.15) is 52.4 Å². The molecular weight excluding hydrogens is 376 g/mol. The topological polar surface area (TPSA) is 90.9 Å². The van der Waals surface area contributed by atoms with Crippen molar-refractivity contribution >= 4 is 27.5 Å². The molecule has 1 aliphatic heterocycles. The van der Waals surface area contributed by atoms with E-state index in [4.69, 9.17) is 0 Å². The van der Waals surface area contributed by atoms with E-state index in [2.05, 4.69) is 26.9 Å². The standard InChI is InChI=1S/C20H32N4O3S/c1-3-5-14-24(4-2)16-20(25)22-17-10-9-11-18(15-17)28(26,27)23-19-12-7-6-8-13-21-19/h9-11,15H,3-8,12-14,16H2,1-2H3,(H,21,23)(H,22,25). The molecule has 0 aromatic heterocycles. The summed E-state index contributed by atoms with van der Waals surface area (Å²) in [6.45, 7) is 6.77. The molecule has 156 valence electrons. The number of carbonyl (C=O) groups is 1. The second-order valence-corrected chi connectivity index (χ2v) is 8.73. The maximum absolute atomic E-state index is 12.7. The number of unbranched alkanes of at least 4 members (excludes halogenated alkanes) is 1. The van der Waals surface area contributed by atoms with Crippen LogP contribution in [0.4, 0.5) is 5.69 Å². The molecule has 8 heteroatoms. The molecular formula is C20H32N4O3S. The molecule has 0 spiro atoms. The molecule has 1 aromatic carbocycles. The summed E-state index contributed by atoms with van der Waals surface area (Å²) < 4.78 is 28.0. The van der Waals surface area contributed by atoms with Gasteiger partial charge < -0.3 is 5.32 Å². The van der Waals surface area contributed by atoms with Gasteiger partial charge in [-0.05, 0) is 50.6 Å². The summed E-state index contributed by atoms with van der Waals surface area (Å²) in [6, 6.07) is 6.34. The summed E-state index contributed by atoms with van der Waals surface area (Å²) in [5, 5.41) is 2.81. The lowest BCUT2D eigenvalue weighted by molar-refractivity contribution is -0.117. The van der Waals surface area contributed by atoms with Crippen LogP contribution < -0.4 is 10.0 Å². The van der Waals surface area contributed by atoms with E-state index in [9.17, 15) is 13.2 Å². The fourth-order valence-electron chi connectivity index (χ4n) is 3.05. The summed E-state index contributed by atoms with van der Waals surface area (Å²) in [7, 11) is -3.72. The van der Waals surface area contributed by atoms with Crippen LogP contribution in [0.25, 0.3) is 0 Å². The highest BCUT2D eigenvalue weighted by atomic mass is 32.2. The second kappa shape index (κ2) is 11.2. The van der Waals surface area contributed by atoms with Gasteiger partial charge in [-0.2, -0.15) is 0 Å². The SMILES string of the molecule is CCCCN(CC)CC(=O)Nc1cccc(S(=O)(=O)NC2=NCCCCC2)c1. The Morgan fingerprint density at radius 2 is 2.04 bits per heavy atom. The van der Waals surface area contributed by atoms with Crippen molar-refractivity contribution in [2.75, 3.05) is 31.5 Å². The molecule has 0 saturated heterocycles. The van der Waals surface area contributed by atoms with Gasteiger partial charge in [0.25, 0.3) is 10.0 Å². The fraction of sp³-hybridized carbons (Fsp3) is 0.600. The van der Waals surface area contributed by atoms with Gasteiger partial charge in [-0.1, -0.05) is 32.8 Å². The van der Waals surface area contributed by atoms with Gasteiger partial charge in [0.1, 0.15) is 5.84 Å². The zero-order chi connectivity index (χ0) is 20.4. The van der Waals surface area contributed by atoms with E-state index in [1.165, 1.54) is 12.1 Å². The number of nitrogens with one attached hydrogen (secondary N) is 2. The van der Waals surface area contributed by atoms with Gasteiger partial charge in [0.05, 0.1) is 11.4 Å². The number of carbonyl (C=O) groups excluding carboxylic acids is 1. The van der Waals surface area contributed by atoms with Crippen LogP contribution in [0, 0.1) is 0 Å². The molecule has 1 amide bonds. The van der Waals surface area contributed by atoms with Gasteiger partial charge in [0, 0.05) is 18.7 Å².